The molecule has 0 bridgehead atoms. The lowest BCUT2D eigenvalue weighted by Gasteiger charge is -2.36. The van der Waals surface area contributed by atoms with Crippen molar-refractivity contribution in [3.05, 3.63) is 60.7 Å². The summed E-state index contributed by atoms with van der Waals surface area (Å²) in [6.07, 6.45) is 5.86. The van der Waals surface area contributed by atoms with Crippen LogP contribution in [0.3, 0.4) is 0 Å². The summed E-state index contributed by atoms with van der Waals surface area (Å²) in [7, 11) is 1.67. The Morgan fingerprint density at radius 3 is 2.63 bits per heavy atom. The number of nitriles is 1. The van der Waals surface area contributed by atoms with Gasteiger partial charge in [-0.05, 0) is 53.6 Å². The average molecular weight is 583 g/mol. The smallest absolute Gasteiger partial charge is 0.227 e. The van der Waals surface area contributed by atoms with Gasteiger partial charge in [0.15, 0.2) is 0 Å². The number of hydrogen-bond acceptors (Lipinski definition) is 12. The van der Waals surface area contributed by atoms with Crippen molar-refractivity contribution < 1.29 is 14.2 Å². The highest BCUT2D eigenvalue weighted by Crippen LogP contribution is 2.33. The summed E-state index contributed by atoms with van der Waals surface area (Å²) in [4.78, 5) is 14.0. The Balaban J connectivity index is 1.12. The van der Waals surface area contributed by atoms with Gasteiger partial charge in [0.25, 0.3) is 0 Å². The van der Waals surface area contributed by atoms with Crippen LogP contribution in [0.2, 0.25) is 0 Å². The second-order valence-corrected chi connectivity index (χ2v) is 10.7. The van der Waals surface area contributed by atoms with Crippen molar-refractivity contribution in [2.45, 2.75) is 32.0 Å². The monoisotopic (exact) mass is 582 g/mol. The summed E-state index contributed by atoms with van der Waals surface area (Å²) in [5, 5.41) is 24.0. The third-order valence-corrected chi connectivity index (χ3v) is 7.72. The van der Waals surface area contributed by atoms with Crippen LogP contribution in [-0.4, -0.2) is 93.7 Å². The Kier molecular flexibility index (Phi) is 8.57. The predicted octanol–water partition coefficient (Wildman–Crippen LogP) is 3.13. The SMILES string of the molecule is COc1cc(N2CCCN(C3COC3)CC2)ccc1Nc1ncc(-c2ccc(C#N)c(OC(C)Cn3cnnn3)c2)cn1. The third-order valence-electron chi connectivity index (χ3n) is 7.72. The molecule has 2 saturated heterocycles. The molecule has 4 heterocycles. The Morgan fingerprint density at radius 1 is 1.05 bits per heavy atom. The molecule has 4 aromatic rings. The minimum Gasteiger partial charge on any atom is -0.494 e. The van der Waals surface area contributed by atoms with E-state index >= 15 is 0 Å². The van der Waals surface area contributed by atoms with Crippen LogP contribution in [0.15, 0.2) is 55.1 Å². The van der Waals surface area contributed by atoms with Gasteiger partial charge in [-0.1, -0.05) is 6.07 Å². The van der Waals surface area contributed by atoms with Gasteiger partial charge in [0.2, 0.25) is 5.95 Å². The van der Waals surface area contributed by atoms with Crippen molar-refractivity contribution in [1.82, 2.24) is 35.1 Å². The van der Waals surface area contributed by atoms with Crippen LogP contribution in [-0.2, 0) is 11.3 Å². The first-order valence-electron chi connectivity index (χ1n) is 14.4. The van der Waals surface area contributed by atoms with Crippen molar-refractivity contribution >= 4 is 17.3 Å². The Labute approximate surface area is 250 Å². The zero-order chi connectivity index (χ0) is 29.6. The lowest BCUT2D eigenvalue weighted by molar-refractivity contribution is -0.0625. The predicted molar refractivity (Wildman–Crippen MR) is 159 cm³/mol. The number of rotatable bonds is 10. The van der Waals surface area contributed by atoms with Crippen LogP contribution in [0.5, 0.6) is 11.5 Å². The Bertz CT molecular complexity index is 1550. The minimum atomic E-state index is -0.258. The molecule has 2 fully saturated rings. The second-order valence-electron chi connectivity index (χ2n) is 10.7. The van der Waals surface area contributed by atoms with Crippen molar-refractivity contribution in [1.29, 1.82) is 5.26 Å². The van der Waals surface area contributed by atoms with E-state index in [4.69, 9.17) is 14.2 Å². The first kappa shape index (κ1) is 28.3. The molecule has 13 nitrogen and oxygen atoms in total. The van der Waals surface area contributed by atoms with E-state index in [-0.39, 0.29) is 6.10 Å². The number of nitrogens with zero attached hydrogens (tertiary/aromatic N) is 9. The lowest BCUT2D eigenvalue weighted by atomic mass is 10.1. The molecule has 6 rings (SSSR count). The fourth-order valence-electron chi connectivity index (χ4n) is 5.31. The number of ether oxygens (including phenoxy) is 3. The molecular weight excluding hydrogens is 548 g/mol. The molecule has 13 heteroatoms. The summed E-state index contributed by atoms with van der Waals surface area (Å²) >= 11 is 0. The summed E-state index contributed by atoms with van der Waals surface area (Å²) in [5.74, 6) is 1.65. The molecule has 0 saturated carbocycles. The van der Waals surface area contributed by atoms with Gasteiger partial charge in [0.05, 0.1) is 44.2 Å². The number of nitrogens with one attached hydrogen (secondary N) is 1. The van der Waals surface area contributed by atoms with Crippen LogP contribution < -0.4 is 19.7 Å². The lowest BCUT2D eigenvalue weighted by Crippen LogP contribution is -2.50. The van der Waals surface area contributed by atoms with Crippen LogP contribution in [0.1, 0.15) is 18.9 Å². The van der Waals surface area contributed by atoms with Crippen molar-refractivity contribution in [3.8, 4) is 28.7 Å². The number of benzene rings is 2. The summed E-state index contributed by atoms with van der Waals surface area (Å²) < 4.78 is 18.8. The van der Waals surface area contributed by atoms with Crippen molar-refractivity contribution in [3.63, 3.8) is 0 Å². The van der Waals surface area contributed by atoms with Crippen LogP contribution in [0.25, 0.3) is 11.1 Å². The van der Waals surface area contributed by atoms with E-state index in [1.54, 1.807) is 30.3 Å². The molecule has 0 radical (unpaired) electrons. The molecule has 1 unspecified atom stereocenters. The van der Waals surface area contributed by atoms with E-state index < -0.39 is 0 Å². The van der Waals surface area contributed by atoms with Gasteiger partial charge in [-0.3, -0.25) is 4.90 Å². The van der Waals surface area contributed by atoms with E-state index in [0.717, 1.165) is 74.1 Å². The maximum Gasteiger partial charge on any atom is 0.227 e. The zero-order valence-electron chi connectivity index (χ0n) is 24.3. The largest absolute Gasteiger partial charge is 0.494 e. The molecule has 2 aliphatic rings. The number of hydrogen-bond donors (Lipinski definition) is 1. The van der Waals surface area contributed by atoms with E-state index in [1.807, 2.05) is 25.1 Å². The van der Waals surface area contributed by atoms with Gasteiger partial charge in [0, 0.05) is 55.9 Å². The topological polar surface area (TPSA) is 139 Å². The maximum absolute atomic E-state index is 9.59. The quantitative estimate of drug-likeness (QED) is 0.294. The van der Waals surface area contributed by atoms with Crippen molar-refractivity contribution in [2.75, 3.05) is 56.7 Å². The Hall–Kier alpha value is -4.80. The fourth-order valence-corrected chi connectivity index (χ4v) is 5.31. The third kappa shape index (κ3) is 6.66. The highest BCUT2D eigenvalue weighted by Gasteiger charge is 2.27. The fraction of sp³-hybridized carbons (Fsp3) is 0.400. The zero-order valence-corrected chi connectivity index (χ0v) is 24.3. The highest BCUT2D eigenvalue weighted by molar-refractivity contribution is 5.70. The van der Waals surface area contributed by atoms with Gasteiger partial charge in [-0.15, -0.1) is 5.10 Å². The van der Waals surface area contributed by atoms with Gasteiger partial charge < -0.3 is 24.4 Å². The summed E-state index contributed by atoms with van der Waals surface area (Å²) in [5.41, 5.74) is 3.98. The standard InChI is InChI=1S/C30H34N10O3/c1-21(17-40-20-34-36-37-40)43-28-12-22(4-5-23(28)14-31)24-15-32-30(33-16-24)35-27-7-6-25(13-29(27)41-2)38-8-3-9-39(11-10-38)26-18-42-19-26/h4-7,12-13,15-16,20-21,26H,3,8-11,17-19H2,1-2H3,(H,32,33,35). The molecule has 2 aromatic carbocycles. The molecule has 0 spiro atoms. The molecule has 2 aromatic heterocycles. The number of anilines is 3. The van der Waals surface area contributed by atoms with Gasteiger partial charge in [-0.2, -0.15) is 5.26 Å². The number of aromatic nitrogens is 6. The van der Waals surface area contributed by atoms with Gasteiger partial charge in [-0.25, -0.2) is 14.6 Å². The first-order valence-corrected chi connectivity index (χ1v) is 14.4. The molecule has 0 amide bonds. The van der Waals surface area contributed by atoms with Gasteiger partial charge in [0.1, 0.15) is 30.0 Å². The minimum absolute atomic E-state index is 0.258. The normalized spacial score (nSPS) is 16.5. The van der Waals surface area contributed by atoms with E-state index in [2.05, 4.69) is 58.8 Å². The average Bonchev–Trinajstić information content (AvgIpc) is 3.39. The molecule has 222 valence electrons. The highest BCUT2D eigenvalue weighted by atomic mass is 16.5. The molecule has 1 atom stereocenters. The summed E-state index contributed by atoms with van der Waals surface area (Å²) in [6, 6.07) is 14.4. The second kappa shape index (κ2) is 13.0. The molecular formula is C30H34N10O3. The molecule has 2 aliphatic heterocycles. The first-order chi connectivity index (χ1) is 21.1. The van der Waals surface area contributed by atoms with E-state index in [9.17, 15) is 5.26 Å². The number of methoxy groups -OCH3 is 1. The van der Waals surface area contributed by atoms with Crippen LogP contribution in [0.4, 0.5) is 17.3 Å². The van der Waals surface area contributed by atoms with Gasteiger partial charge >= 0.3 is 0 Å². The van der Waals surface area contributed by atoms with E-state index in [0.29, 0.717) is 29.8 Å². The van der Waals surface area contributed by atoms with Crippen molar-refractivity contribution in [2.24, 2.45) is 0 Å². The van der Waals surface area contributed by atoms with Crippen LogP contribution in [0, 0.1) is 11.3 Å². The molecule has 1 N–H and O–H groups in total. The van der Waals surface area contributed by atoms with E-state index in [1.165, 1.54) is 6.33 Å². The Morgan fingerprint density at radius 2 is 1.91 bits per heavy atom. The molecule has 43 heavy (non-hydrogen) atoms. The van der Waals surface area contributed by atoms with Crippen LogP contribution >= 0.6 is 0 Å². The maximum atomic E-state index is 9.59. The summed E-state index contributed by atoms with van der Waals surface area (Å²) in [6.45, 7) is 8.15. The number of tetrazole rings is 1. The molecule has 0 aliphatic carbocycles.